The molecule has 0 bridgehead atoms. The van der Waals surface area contributed by atoms with E-state index < -0.39 is 0 Å². The van der Waals surface area contributed by atoms with Crippen LogP contribution in [-0.4, -0.2) is 47.1 Å². The van der Waals surface area contributed by atoms with Gasteiger partial charge in [0.1, 0.15) is 0 Å². The third-order valence-electron chi connectivity index (χ3n) is 4.60. The first-order valence-corrected chi connectivity index (χ1v) is 7.45. The lowest BCUT2D eigenvalue weighted by Crippen LogP contribution is -2.47. The molecule has 3 nitrogen and oxygen atoms in total. The molecule has 1 aliphatic carbocycles. The van der Waals surface area contributed by atoms with Crippen molar-refractivity contribution < 1.29 is 5.11 Å². The molecule has 0 aromatic heterocycles. The van der Waals surface area contributed by atoms with Crippen molar-refractivity contribution in [2.75, 3.05) is 26.2 Å². The number of nitrogens with zero attached hydrogens (tertiary/aromatic N) is 2. The summed E-state index contributed by atoms with van der Waals surface area (Å²) in [6.45, 7) is 7.24. The van der Waals surface area contributed by atoms with Crippen molar-refractivity contribution in [1.29, 1.82) is 0 Å². The highest BCUT2D eigenvalue weighted by molar-refractivity contribution is 5.24. The van der Waals surface area contributed by atoms with Gasteiger partial charge in [-0.05, 0) is 30.9 Å². The van der Waals surface area contributed by atoms with Gasteiger partial charge in [-0.15, -0.1) is 0 Å². The van der Waals surface area contributed by atoms with Gasteiger partial charge >= 0.3 is 0 Å². The van der Waals surface area contributed by atoms with Gasteiger partial charge < -0.3 is 5.11 Å². The summed E-state index contributed by atoms with van der Waals surface area (Å²) in [5.41, 5.74) is 2.35. The number of benzene rings is 1. The zero-order chi connectivity index (χ0) is 13.2. The molecule has 3 rings (SSSR count). The predicted molar refractivity (Wildman–Crippen MR) is 76.9 cm³/mol. The summed E-state index contributed by atoms with van der Waals surface area (Å²) in [6, 6.07) is 9.77. The van der Waals surface area contributed by atoms with E-state index in [-0.39, 0.29) is 6.61 Å². The van der Waals surface area contributed by atoms with Crippen LogP contribution in [0, 0.1) is 0 Å². The Morgan fingerprint density at radius 1 is 1.11 bits per heavy atom. The number of hydrogen-bond donors (Lipinski definition) is 1. The zero-order valence-corrected chi connectivity index (χ0v) is 11.8. The number of aliphatic hydroxyl groups is 1. The average Bonchev–Trinajstić information content (AvgIpc) is 3.31. The van der Waals surface area contributed by atoms with Crippen LogP contribution in [0.25, 0.3) is 0 Å². The SMILES string of the molecule is C[C@H](c1ccc(CO)cc1)N1CCN(C2CC2)CC1. The van der Waals surface area contributed by atoms with Crippen LogP contribution in [0.2, 0.25) is 0 Å². The molecule has 104 valence electrons. The van der Waals surface area contributed by atoms with E-state index in [0.717, 1.165) is 11.6 Å². The molecule has 1 saturated heterocycles. The van der Waals surface area contributed by atoms with E-state index >= 15 is 0 Å². The number of aliphatic hydroxyl groups excluding tert-OH is 1. The molecule has 1 N–H and O–H groups in total. The Labute approximate surface area is 115 Å². The van der Waals surface area contributed by atoms with Crippen molar-refractivity contribution in [3.63, 3.8) is 0 Å². The second kappa shape index (κ2) is 5.61. The summed E-state index contributed by atoms with van der Waals surface area (Å²) in [6.07, 6.45) is 2.83. The highest BCUT2D eigenvalue weighted by atomic mass is 16.3. The predicted octanol–water partition coefficient (Wildman–Crippen LogP) is 2.02. The third kappa shape index (κ3) is 2.99. The minimum Gasteiger partial charge on any atom is -0.392 e. The molecule has 19 heavy (non-hydrogen) atoms. The van der Waals surface area contributed by atoms with Crippen molar-refractivity contribution in [3.05, 3.63) is 35.4 Å². The lowest BCUT2D eigenvalue weighted by molar-refractivity contribution is 0.0975. The maximum Gasteiger partial charge on any atom is 0.0681 e. The molecule has 1 aliphatic heterocycles. The molecule has 1 heterocycles. The maximum absolute atomic E-state index is 9.09. The van der Waals surface area contributed by atoms with Crippen molar-refractivity contribution in [3.8, 4) is 0 Å². The monoisotopic (exact) mass is 260 g/mol. The van der Waals surface area contributed by atoms with Crippen molar-refractivity contribution in [2.24, 2.45) is 0 Å². The molecule has 0 unspecified atom stereocenters. The van der Waals surface area contributed by atoms with Crippen LogP contribution in [0.15, 0.2) is 24.3 Å². The normalized spacial score (nSPS) is 23.5. The van der Waals surface area contributed by atoms with E-state index in [2.05, 4.69) is 28.9 Å². The molecule has 1 atom stereocenters. The van der Waals surface area contributed by atoms with E-state index in [1.165, 1.54) is 44.6 Å². The minimum atomic E-state index is 0.134. The van der Waals surface area contributed by atoms with Crippen LogP contribution in [0.5, 0.6) is 0 Å². The van der Waals surface area contributed by atoms with Gasteiger partial charge in [0.05, 0.1) is 6.61 Å². The van der Waals surface area contributed by atoms with Crippen LogP contribution in [0.3, 0.4) is 0 Å². The van der Waals surface area contributed by atoms with Gasteiger partial charge in [-0.25, -0.2) is 0 Å². The van der Waals surface area contributed by atoms with E-state index in [9.17, 15) is 0 Å². The van der Waals surface area contributed by atoms with Gasteiger partial charge in [0, 0.05) is 38.3 Å². The van der Waals surface area contributed by atoms with Crippen LogP contribution in [0.4, 0.5) is 0 Å². The van der Waals surface area contributed by atoms with Gasteiger partial charge in [-0.3, -0.25) is 9.80 Å². The van der Waals surface area contributed by atoms with E-state index in [4.69, 9.17) is 5.11 Å². The summed E-state index contributed by atoms with van der Waals surface area (Å²) in [4.78, 5) is 5.23. The zero-order valence-electron chi connectivity index (χ0n) is 11.8. The second-order valence-corrected chi connectivity index (χ2v) is 5.88. The van der Waals surface area contributed by atoms with Crippen LogP contribution in [-0.2, 0) is 6.61 Å². The molecular weight excluding hydrogens is 236 g/mol. The molecular formula is C16H24N2O. The van der Waals surface area contributed by atoms with Crippen molar-refractivity contribution in [1.82, 2.24) is 9.80 Å². The average molecular weight is 260 g/mol. The molecule has 0 amide bonds. The Balaban J connectivity index is 1.58. The lowest BCUT2D eigenvalue weighted by Gasteiger charge is -2.38. The lowest BCUT2D eigenvalue weighted by atomic mass is 10.0. The molecule has 2 fully saturated rings. The van der Waals surface area contributed by atoms with Crippen LogP contribution < -0.4 is 0 Å². The smallest absolute Gasteiger partial charge is 0.0681 e. The Bertz CT molecular complexity index is 405. The molecule has 1 aromatic carbocycles. The summed E-state index contributed by atoms with van der Waals surface area (Å²) in [5.74, 6) is 0. The van der Waals surface area contributed by atoms with Crippen LogP contribution in [0.1, 0.15) is 36.9 Å². The van der Waals surface area contributed by atoms with E-state index in [1.54, 1.807) is 0 Å². The number of hydrogen-bond acceptors (Lipinski definition) is 3. The summed E-state index contributed by atoms with van der Waals surface area (Å²) in [5, 5.41) is 9.09. The summed E-state index contributed by atoms with van der Waals surface area (Å²) in [7, 11) is 0. The topological polar surface area (TPSA) is 26.7 Å². The molecule has 3 heteroatoms. The Hall–Kier alpha value is -0.900. The van der Waals surface area contributed by atoms with Crippen LogP contribution >= 0.6 is 0 Å². The third-order valence-corrected chi connectivity index (χ3v) is 4.60. The van der Waals surface area contributed by atoms with Gasteiger partial charge in [0.15, 0.2) is 0 Å². The molecule has 0 radical (unpaired) electrons. The standard InChI is InChI=1S/C16H24N2O/c1-13(15-4-2-14(12-19)3-5-15)17-8-10-18(11-9-17)16-6-7-16/h2-5,13,16,19H,6-12H2,1H3/t13-/m1/s1. The highest BCUT2D eigenvalue weighted by Gasteiger charge is 2.32. The fourth-order valence-corrected chi connectivity index (χ4v) is 3.04. The second-order valence-electron chi connectivity index (χ2n) is 5.88. The van der Waals surface area contributed by atoms with Gasteiger partial charge in [-0.2, -0.15) is 0 Å². The van der Waals surface area contributed by atoms with Crippen molar-refractivity contribution in [2.45, 2.75) is 38.5 Å². The highest BCUT2D eigenvalue weighted by Crippen LogP contribution is 2.29. The maximum atomic E-state index is 9.09. The van der Waals surface area contributed by atoms with Gasteiger partial charge in [0.25, 0.3) is 0 Å². The van der Waals surface area contributed by atoms with E-state index in [0.29, 0.717) is 6.04 Å². The van der Waals surface area contributed by atoms with Gasteiger partial charge in [0.2, 0.25) is 0 Å². The quantitative estimate of drug-likeness (QED) is 0.897. The fraction of sp³-hybridized carbons (Fsp3) is 0.625. The molecule has 1 saturated carbocycles. The largest absolute Gasteiger partial charge is 0.392 e. The van der Waals surface area contributed by atoms with Gasteiger partial charge in [-0.1, -0.05) is 24.3 Å². The Morgan fingerprint density at radius 3 is 2.26 bits per heavy atom. The number of rotatable bonds is 4. The number of piperazine rings is 1. The Morgan fingerprint density at radius 2 is 1.74 bits per heavy atom. The first-order chi connectivity index (χ1) is 9.28. The van der Waals surface area contributed by atoms with E-state index in [1.807, 2.05) is 12.1 Å². The Kier molecular flexibility index (Phi) is 3.87. The summed E-state index contributed by atoms with van der Waals surface area (Å²) < 4.78 is 0. The minimum absolute atomic E-state index is 0.134. The molecule has 1 aromatic rings. The fourth-order valence-electron chi connectivity index (χ4n) is 3.04. The summed E-state index contributed by atoms with van der Waals surface area (Å²) >= 11 is 0. The van der Waals surface area contributed by atoms with Crippen molar-refractivity contribution >= 4 is 0 Å². The molecule has 2 aliphatic rings. The first-order valence-electron chi connectivity index (χ1n) is 7.45. The first kappa shape index (κ1) is 13.1. The molecule has 0 spiro atoms.